The zero-order chi connectivity index (χ0) is 15.2. The van der Waals surface area contributed by atoms with Gasteiger partial charge in [0.2, 0.25) is 0 Å². The number of rotatable bonds is 4. The molecule has 0 bridgehead atoms. The van der Waals surface area contributed by atoms with E-state index in [1.54, 1.807) is 17.0 Å². The van der Waals surface area contributed by atoms with Crippen molar-refractivity contribution in [3.8, 4) is 0 Å². The summed E-state index contributed by atoms with van der Waals surface area (Å²) in [6, 6.07) is 6.12. The molecule has 1 aromatic rings. The van der Waals surface area contributed by atoms with E-state index in [4.69, 9.17) is 0 Å². The van der Waals surface area contributed by atoms with E-state index in [-0.39, 0.29) is 11.8 Å². The molecule has 0 spiro atoms. The molecule has 1 aliphatic rings. The van der Waals surface area contributed by atoms with Crippen molar-refractivity contribution in [3.63, 3.8) is 0 Å². The number of halogens is 1. The van der Waals surface area contributed by atoms with Crippen molar-refractivity contribution in [2.24, 2.45) is 5.92 Å². The predicted molar refractivity (Wildman–Crippen MR) is 81.5 cm³/mol. The number of nitrogens with one attached hydrogen (secondary N) is 1. The molecule has 1 N–H and O–H groups in total. The molecular weight excluding hydrogens is 269 g/mol. The predicted octanol–water partition coefficient (Wildman–Crippen LogP) is 2.31. The van der Waals surface area contributed by atoms with Crippen molar-refractivity contribution in [2.75, 3.05) is 33.7 Å². The normalized spacial score (nSPS) is 16.7. The summed E-state index contributed by atoms with van der Waals surface area (Å²) in [5, 5.41) is 2.87. The second-order valence-electron chi connectivity index (χ2n) is 5.91. The number of likely N-dealkylation sites (tertiary alicyclic amines) is 1. The van der Waals surface area contributed by atoms with Crippen molar-refractivity contribution in [3.05, 3.63) is 35.6 Å². The number of urea groups is 1. The molecule has 1 heterocycles. The number of nitrogens with zero attached hydrogens (tertiary/aromatic N) is 2. The van der Waals surface area contributed by atoms with Gasteiger partial charge in [-0.2, -0.15) is 0 Å². The highest BCUT2D eigenvalue weighted by Crippen LogP contribution is 2.16. The topological polar surface area (TPSA) is 35.6 Å². The van der Waals surface area contributed by atoms with E-state index < -0.39 is 0 Å². The highest BCUT2D eigenvalue weighted by Gasteiger charge is 2.20. The van der Waals surface area contributed by atoms with Crippen molar-refractivity contribution in [1.82, 2.24) is 15.1 Å². The SMILES string of the molecule is CN1CCC(CN(C)C(=O)NCc2ccc(F)cc2)CC1. The molecule has 0 unspecified atom stereocenters. The molecule has 0 atom stereocenters. The Balaban J connectivity index is 1.73. The number of carbonyl (C=O) groups is 1. The number of carbonyl (C=O) groups excluding carboxylic acids is 1. The van der Waals surface area contributed by atoms with Gasteiger partial charge in [-0.25, -0.2) is 9.18 Å². The fraction of sp³-hybridized carbons (Fsp3) is 0.562. The van der Waals surface area contributed by atoms with Crippen LogP contribution in [-0.2, 0) is 6.54 Å². The second-order valence-corrected chi connectivity index (χ2v) is 5.91. The summed E-state index contributed by atoms with van der Waals surface area (Å²) >= 11 is 0. The van der Waals surface area contributed by atoms with Gasteiger partial charge in [-0.05, 0) is 56.6 Å². The fourth-order valence-electron chi connectivity index (χ4n) is 2.63. The van der Waals surface area contributed by atoms with E-state index in [9.17, 15) is 9.18 Å². The van der Waals surface area contributed by atoms with Crippen LogP contribution in [0.1, 0.15) is 18.4 Å². The summed E-state index contributed by atoms with van der Waals surface area (Å²) in [5.74, 6) is 0.326. The molecule has 1 aliphatic heterocycles. The first-order valence-corrected chi connectivity index (χ1v) is 7.46. The monoisotopic (exact) mass is 293 g/mol. The molecule has 2 amide bonds. The smallest absolute Gasteiger partial charge is 0.317 e. The lowest BCUT2D eigenvalue weighted by Gasteiger charge is -2.31. The quantitative estimate of drug-likeness (QED) is 0.924. The van der Waals surface area contributed by atoms with Crippen LogP contribution in [0.15, 0.2) is 24.3 Å². The number of hydrogen-bond acceptors (Lipinski definition) is 2. The molecule has 0 aliphatic carbocycles. The minimum Gasteiger partial charge on any atom is -0.334 e. The summed E-state index contributed by atoms with van der Waals surface area (Å²) in [4.78, 5) is 16.1. The van der Waals surface area contributed by atoms with Crippen LogP contribution in [0.2, 0.25) is 0 Å². The Kier molecular flexibility index (Phi) is 5.56. The molecule has 116 valence electrons. The second kappa shape index (κ2) is 7.41. The third-order valence-corrected chi connectivity index (χ3v) is 4.07. The number of amides is 2. The van der Waals surface area contributed by atoms with Gasteiger partial charge in [0.05, 0.1) is 0 Å². The molecule has 1 saturated heterocycles. The molecule has 4 nitrogen and oxygen atoms in total. The number of piperidine rings is 1. The minimum absolute atomic E-state index is 0.0711. The summed E-state index contributed by atoms with van der Waals surface area (Å²) in [5.41, 5.74) is 0.900. The average molecular weight is 293 g/mol. The van der Waals surface area contributed by atoms with E-state index in [2.05, 4.69) is 17.3 Å². The molecule has 2 rings (SSSR count). The first kappa shape index (κ1) is 15.8. The Hall–Kier alpha value is -1.62. The average Bonchev–Trinajstić information content (AvgIpc) is 2.48. The molecule has 5 heteroatoms. The standard InChI is InChI=1S/C16H24FN3O/c1-19-9-7-14(8-10-19)12-20(2)16(21)18-11-13-3-5-15(17)6-4-13/h3-6,14H,7-12H2,1-2H3,(H,18,21). The van der Waals surface area contributed by atoms with Crippen molar-refractivity contribution in [1.29, 1.82) is 0 Å². The Labute approximate surface area is 125 Å². The molecule has 0 radical (unpaired) electrons. The maximum absolute atomic E-state index is 12.8. The maximum atomic E-state index is 12.8. The van der Waals surface area contributed by atoms with E-state index >= 15 is 0 Å². The minimum atomic E-state index is -0.260. The fourth-order valence-corrected chi connectivity index (χ4v) is 2.63. The van der Waals surface area contributed by atoms with Gasteiger partial charge in [0.15, 0.2) is 0 Å². The first-order chi connectivity index (χ1) is 10.0. The van der Waals surface area contributed by atoms with E-state index in [1.807, 2.05) is 7.05 Å². The van der Waals surface area contributed by atoms with Crippen LogP contribution in [0.3, 0.4) is 0 Å². The summed E-state index contributed by atoms with van der Waals surface area (Å²) in [7, 11) is 3.97. The zero-order valence-electron chi connectivity index (χ0n) is 12.8. The van der Waals surface area contributed by atoms with Crippen LogP contribution in [0.4, 0.5) is 9.18 Å². The van der Waals surface area contributed by atoms with Crippen LogP contribution in [-0.4, -0.2) is 49.6 Å². The Morgan fingerprint density at radius 3 is 2.57 bits per heavy atom. The largest absolute Gasteiger partial charge is 0.334 e. The van der Waals surface area contributed by atoms with Crippen molar-refractivity contribution < 1.29 is 9.18 Å². The highest BCUT2D eigenvalue weighted by atomic mass is 19.1. The molecule has 1 fully saturated rings. The van der Waals surface area contributed by atoms with E-state index in [0.29, 0.717) is 12.5 Å². The van der Waals surface area contributed by atoms with Gasteiger partial charge in [0, 0.05) is 20.1 Å². The van der Waals surface area contributed by atoms with Crippen molar-refractivity contribution >= 4 is 6.03 Å². The highest BCUT2D eigenvalue weighted by molar-refractivity contribution is 5.73. The van der Waals surface area contributed by atoms with E-state index in [0.717, 1.165) is 38.0 Å². The lowest BCUT2D eigenvalue weighted by Crippen LogP contribution is -2.42. The summed E-state index contributed by atoms with van der Waals surface area (Å²) < 4.78 is 12.8. The van der Waals surface area contributed by atoms with Gasteiger partial charge in [0.25, 0.3) is 0 Å². The van der Waals surface area contributed by atoms with Crippen LogP contribution < -0.4 is 5.32 Å². The summed E-state index contributed by atoms with van der Waals surface area (Å²) in [6.45, 7) is 3.44. The van der Waals surface area contributed by atoms with Crippen LogP contribution in [0.25, 0.3) is 0 Å². The van der Waals surface area contributed by atoms with Crippen LogP contribution in [0, 0.1) is 11.7 Å². The molecule has 0 aromatic heterocycles. The third-order valence-electron chi connectivity index (χ3n) is 4.07. The first-order valence-electron chi connectivity index (χ1n) is 7.46. The Morgan fingerprint density at radius 1 is 1.33 bits per heavy atom. The zero-order valence-corrected chi connectivity index (χ0v) is 12.8. The number of hydrogen-bond donors (Lipinski definition) is 1. The molecule has 21 heavy (non-hydrogen) atoms. The lowest BCUT2D eigenvalue weighted by atomic mass is 9.97. The maximum Gasteiger partial charge on any atom is 0.317 e. The van der Waals surface area contributed by atoms with Gasteiger partial charge in [-0.3, -0.25) is 0 Å². The van der Waals surface area contributed by atoms with Gasteiger partial charge >= 0.3 is 6.03 Å². The number of benzene rings is 1. The van der Waals surface area contributed by atoms with Crippen LogP contribution in [0.5, 0.6) is 0 Å². The lowest BCUT2D eigenvalue weighted by molar-refractivity contribution is 0.170. The van der Waals surface area contributed by atoms with Gasteiger partial charge < -0.3 is 15.1 Å². The molecule has 1 aromatic carbocycles. The third kappa shape index (κ3) is 5.01. The Bertz CT molecular complexity index is 455. The van der Waals surface area contributed by atoms with Crippen LogP contribution >= 0.6 is 0 Å². The summed E-state index contributed by atoms with van der Waals surface area (Å²) in [6.07, 6.45) is 2.29. The van der Waals surface area contributed by atoms with Gasteiger partial charge in [0.1, 0.15) is 5.82 Å². The van der Waals surface area contributed by atoms with E-state index in [1.165, 1.54) is 12.1 Å². The van der Waals surface area contributed by atoms with Gasteiger partial charge in [-0.15, -0.1) is 0 Å². The van der Waals surface area contributed by atoms with Gasteiger partial charge in [-0.1, -0.05) is 12.1 Å². The Morgan fingerprint density at radius 2 is 1.95 bits per heavy atom. The molecule has 0 saturated carbocycles. The van der Waals surface area contributed by atoms with Crippen molar-refractivity contribution in [2.45, 2.75) is 19.4 Å². The molecular formula is C16H24FN3O.